The van der Waals surface area contributed by atoms with Crippen LogP contribution in [0.15, 0.2) is 18.2 Å². The van der Waals surface area contributed by atoms with Gasteiger partial charge in [-0.05, 0) is 30.7 Å². The predicted molar refractivity (Wildman–Crippen MR) is 57.0 cm³/mol. The van der Waals surface area contributed by atoms with Crippen molar-refractivity contribution in [3.63, 3.8) is 0 Å². The van der Waals surface area contributed by atoms with Gasteiger partial charge < -0.3 is 14.6 Å². The summed E-state index contributed by atoms with van der Waals surface area (Å²) in [6, 6.07) is 4.33. The van der Waals surface area contributed by atoms with Crippen molar-refractivity contribution in [3.8, 4) is 5.75 Å². The number of hydrogen-bond donors (Lipinski definition) is 1. The second kappa shape index (κ2) is 4.80. The molecule has 1 N–H and O–H groups in total. The van der Waals surface area contributed by atoms with Gasteiger partial charge in [-0.15, -0.1) is 0 Å². The number of rotatable bonds is 2. The molecular weight excluding hydrogens is 211 g/mol. The summed E-state index contributed by atoms with van der Waals surface area (Å²) in [7, 11) is 0. The molecule has 2 rings (SSSR count). The summed E-state index contributed by atoms with van der Waals surface area (Å²) >= 11 is 0. The summed E-state index contributed by atoms with van der Waals surface area (Å²) in [5.74, 6) is 0.307. The Kier molecular flexibility index (Phi) is 3.41. The molecule has 2 atom stereocenters. The third-order valence-electron chi connectivity index (χ3n) is 2.68. The summed E-state index contributed by atoms with van der Waals surface area (Å²) < 4.78 is 23.7. The molecule has 1 saturated heterocycles. The molecule has 16 heavy (non-hydrogen) atoms. The van der Waals surface area contributed by atoms with Crippen LogP contribution in [0.5, 0.6) is 5.75 Å². The predicted octanol–water partition coefficient (Wildman–Crippen LogP) is 1.66. The molecule has 4 heteroatoms. The molecule has 1 heterocycles. The van der Waals surface area contributed by atoms with Crippen LogP contribution in [0.4, 0.5) is 4.39 Å². The highest BCUT2D eigenvalue weighted by atomic mass is 19.1. The molecule has 0 saturated carbocycles. The molecule has 0 spiro atoms. The van der Waals surface area contributed by atoms with Gasteiger partial charge >= 0.3 is 0 Å². The number of hydrogen-bond acceptors (Lipinski definition) is 3. The van der Waals surface area contributed by atoms with E-state index in [-0.39, 0.29) is 11.9 Å². The van der Waals surface area contributed by atoms with Gasteiger partial charge in [-0.1, -0.05) is 0 Å². The van der Waals surface area contributed by atoms with Crippen LogP contribution >= 0.6 is 0 Å². The largest absolute Gasteiger partial charge is 0.485 e. The molecule has 88 valence electrons. The molecule has 0 aromatic heterocycles. The second-order valence-corrected chi connectivity index (χ2v) is 4.00. The maximum Gasteiger partial charge on any atom is 0.148 e. The zero-order chi connectivity index (χ0) is 11.5. The van der Waals surface area contributed by atoms with Gasteiger partial charge in [0.2, 0.25) is 0 Å². The summed E-state index contributed by atoms with van der Waals surface area (Å²) in [5.41, 5.74) is 0.720. The van der Waals surface area contributed by atoms with Crippen LogP contribution in [0.1, 0.15) is 12.0 Å². The standard InChI is InChI=1S/C12H15FO3/c1-8-6-9(13)2-3-11(8)16-12-7-15-5-4-10(12)14/h2-3,6,10,12,14H,4-5,7H2,1H3. The molecule has 3 nitrogen and oxygen atoms in total. The topological polar surface area (TPSA) is 38.7 Å². The lowest BCUT2D eigenvalue weighted by molar-refractivity contribution is -0.0737. The smallest absolute Gasteiger partial charge is 0.148 e. The van der Waals surface area contributed by atoms with Gasteiger partial charge in [0.15, 0.2) is 0 Å². The lowest BCUT2D eigenvalue weighted by Gasteiger charge is -2.28. The number of aliphatic hydroxyl groups excluding tert-OH is 1. The number of aliphatic hydroxyl groups is 1. The Morgan fingerprint density at radius 3 is 3.00 bits per heavy atom. The van der Waals surface area contributed by atoms with E-state index in [0.29, 0.717) is 25.4 Å². The highest BCUT2D eigenvalue weighted by Gasteiger charge is 2.25. The van der Waals surface area contributed by atoms with E-state index >= 15 is 0 Å². The molecule has 2 unspecified atom stereocenters. The van der Waals surface area contributed by atoms with Crippen molar-refractivity contribution in [1.82, 2.24) is 0 Å². The van der Waals surface area contributed by atoms with Crippen molar-refractivity contribution < 1.29 is 19.0 Å². The highest BCUT2D eigenvalue weighted by molar-refractivity contribution is 5.32. The van der Waals surface area contributed by atoms with Crippen molar-refractivity contribution in [1.29, 1.82) is 0 Å². The molecular formula is C12H15FO3. The first-order valence-electron chi connectivity index (χ1n) is 5.35. The van der Waals surface area contributed by atoms with E-state index in [1.807, 2.05) is 0 Å². The third kappa shape index (κ3) is 2.51. The van der Waals surface area contributed by atoms with Crippen molar-refractivity contribution in [2.75, 3.05) is 13.2 Å². The highest BCUT2D eigenvalue weighted by Crippen LogP contribution is 2.22. The van der Waals surface area contributed by atoms with E-state index < -0.39 is 6.10 Å². The van der Waals surface area contributed by atoms with Crippen LogP contribution in [0.25, 0.3) is 0 Å². The summed E-state index contributed by atoms with van der Waals surface area (Å²) in [4.78, 5) is 0. The number of halogens is 1. The minimum Gasteiger partial charge on any atom is -0.485 e. The summed E-state index contributed by atoms with van der Waals surface area (Å²) in [6.45, 7) is 2.70. The van der Waals surface area contributed by atoms with Crippen molar-refractivity contribution in [3.05, 3.63) is 29.6 Å². The summed E-state index contributed by atoms with van der Waals surface area (Å²) in [6.07, 6.45) is -0.304. The number of aryl methyl sites for hydroxylation is 1. The van der Waals surface area contributed by atoms with Crippen molar-refractivity contribution >= 4 is 0 Å². The van der Waals surface area contributed by atoms with Crippen LogP contribution in [0.3, 0.4) is 0 Å². The minimum absolute atomic E-state index is 0.287. The van der Waals surface area contributed by atoms with Crippen LogP contribution in [-0.2, 0) is 4.74 Å². The summed E-state index contributed by atoms with van der Waals surface area (Å²) in [5, 5.41) is 9.70. The number of ether oxygens (including phenoxy) is 2. The lowest BCUT2D eigenvalue weighted by Crippen LogP contribution is -2.41. The zero-order valence-corrected chi connectivity index (χ0v) is 9.15. The van der Waals surface area contributed by atoms with Crippen LogP contribution in [0.2, 0.25) is 0 Å². The quantitative estimate of drug-likeness (QED) is 0.833. The maximum absolute atomic E-state index is 12.9. The van der Waals surface area contributed by atoms with Gasteiger partial charge in [-0.3, -0.25) is 0 Å². The van der Waals surface area contributed by atoms with E-state index in [1.54, 1.807) is 13.0 Å². The first-order chi connectivity index (χ1) is 7.66. The minimum atomic E-state index is -0.516. The van der Waals surface area contributed by atoms with Crippen LogP contribution in [-0.4, -0.2) is 30.5 Å². The molecule has 0 aliphatic carbocycles. The Balaban J connectivity index is 2.07. The van der Waals surface area contributed by atoms with E-state index in [9.17, 15) is 9.50 Å². The Morgan fingerprint density at radius 2 is 2.31 bits per heavy atom. The van der Waals surface area contributed by atoms with Crippen molar-refractivity contribution in [2.45, 2.75) is 25.6 Å². The fraction of sp³-hybridized carbons (Fsp3) is 0.500. The fourth-order valence-electron chi connectivity index (χ4n) is 1.72. The van der Waals surface area contributed by atoms with Gasteiger partial charge in [0.05, 0.1) is 12.7 Å². The average Bonchev–Trinajstić information content (AvgIpc) is 2.25. The van der Waals surface area contributed by atoms with Crippen LogP contribution in [0, 0.1) is 12.7 Å². The fourth-order valence-corrected chi connectivity index (χ4v) is 1.72. The van der Waals surface area contributed by atoms with Crippen LogP contribution < -0.4 is 4.74 Å². The van der Waals surface area contributed by atoms with Gasteiger partial charge in [-0.25, -0.2) is 4.39 Å². The Hall–Kier alpha value is -1.13. The molecule has 1 aromatic rings. The molecule has 0 radical (unpaired) electrons. The normalized spacial score (nSPS) is 25.4. The molecule has 1 fully saturated rings. The molecule has 1 aliphatic heterocycles. The molecule has 1 aliphatic rings. The van der Waals surface area contributed by atoms with E-state index in [0.717, 1.165) is 5.56 Å². The maximum atomic E-state index is 12.9. The van der Waals surface area contributed by atoms with E-state index in [1.165, 1.54) is 12.1 Å². The molecule has 0 amide bonds. The third-order valence-corrected chi connectivity index (χ3v) is 2.68. The first kappa shape index (κ1) is 11.4. The van der Waals surface area contributed by atoms with Gasteiger partial charge in [0.25, 0.3) is 0 Å². The average molecular weight is 226 g/mol. The number of benzene rings is 1. The van der Waals surface area contributed by atoms with Crippen molar-refractivity contribution in [2.24, 2.45) is 0 Å². The Labute approximate surface area is 93.8 Å². The van der Waals surface area contributed by atoms with Gasteiger partial charge in [0, 0.05) is 13.0 Å². The first-order valence-corrected chi connectivity index (χ1v) is 5.35. The monoisotopic (exact) mass is 226 g/mol. The Bertz CT molecular complexity index is 367. The van der Waals surface area contributed by atoms with Gasteiger partial charge in [-0.2, -0.15) is 0 Å². The van der Waals surface area contributed by atoms with E-state index in [4.69, 9.17) is 9.47 Å². The lowest BCUT2D eigenvalue weighted by atomic mass is 10.1. The second-order valence-electron chi connectivity index (χ2n) is 4.00. The zero-order valence-electron chi connectivity index (χ0n) is 9.15. The molecule has 1 aromatic carbocycles. The molecule has 0 bridgehead atoms. The Morgan fingerprint density at radius 1 is 1.50 bits per heavy atom. The SMILES string of the molecule is Cc1cc(F)ccc1OC1COCCC1O. The van der Waals surface area contributed by atoms with Gasteiger partial charge in [0.1, 0.15) is 17.7 Å². The van der Waals surface area contributed by atoms with E-state index in [2.05, 4.69) is 0 Å².